The summed E-state index contributed by atoms with van der Waals surface area (Å²) in [6, 6.07) is 0. The van der Waals surface area contributed by atoms with Crippen LogP contribution in [-0.4, -0.2) is 39.5 Å². The van der Waals surface area contributed by atoms with E-state index in [0.717, 1.165) is 0 Å². The van der Waals surface area contributed by atoms with Crippen LogP contribution in [0.15, 0.2) is 0 Å². The summed E-state index contributed by atoms with van der Waals surface area (Å²) in [6.45, 7) is 6.62. The standard InChI is InChI=1S/C13H22O7/c1-5-11(6-2,9(14)15)19-13(17)18-10(16)12(7-3,8-4)20-13/h17H,5-8H2,1-4H3,(H,14,15). The molecular formula is C13H22O7. The van der Waals surface area contributed by atoms with Gasteiger partial charge in [-0.3, -0.25) is 9.47 Å². The molecule has 0 radical (unpaired) electrons. The molecule has 0 aromatic rings. The first-order valence-electron chi connectivity index (χ1n) is 6.82. The van der Waals surface area contributed by atoms with Gasteiger partial charge in [-0.2, -0.15) is 0 Å². The van der Waals surface area contributed by atoms with Gasteiger partial charge in [0.15, 0.2) is 11.2 Å². The van der Waals surface area contributed by atoms with E-state index in [1.165, 1.54) is 0 Å². The zero-order chi connectivity index (χ0) is 15.6. The lowest BCUT2D eigenvalue weighted by molar-refractivity contribution is -0.475. The first kappa shape index (κ1) is 16.9. The van der Waals surface area contributed by atoms with Gasteiger partial charge in [0.2, 0.25) is 0 Å². The molecule has 20 heavy (non-hydrogen) atoms. The molecular weight excluding hydrogens is 268 g/mol. The van der Waals surface area contributed by atoms with Gasteiger partial charge in [0.05, 0.1) is 0 Å². The molecule has 1 fully saturated rings. The zero-order valence-electron chi connectivity index (χ0n) is 12.3. The highest BCUT2D eigenvalue weighted by Crippen LogP contribution is 2.40. The van der Waals surface area contributed by atoms with E-state index >= 15 is 0 Å². The van der Waals surface area contributed by atoms with Crippen molar-refractivity contribution in [2.24, 2.45) is 0 Å². The average molecular weight is 290 g/mol. The van der Waals surface area contributed by atoms with Crippen LogP contribution in [0.3, 0.4) is 0 Å². The topological polar surface area (TPSA) is 102 Å². The summed E-state index contributed by atoms with van der Waals surface area (Å²) in [5, 5.41) is 19.4. The summed E-state index contributed by atoms with van der Waals surface area (Å²) >= 11 is 0. The Kier molecular flexibility index (Phi) is 4.78. The Balaban J connectivity index is 3.03. The van der Waals surface area contributed by atoms with Crippen molar-refractivity contribution >= 4 is 11.9 Å². The maximum Gasteiger partial charge on any atom is 0.462 e. The van der Waals surface area contributed by atoms with E-state index in [9.17, 15) is 19.8 Å². The average Bonchev–Trinajstić information content (AvgIpc) is 2.67. The maximum atomic E-state index is 11.9. The zero-order valence-corrected chi connectivity index (χ0v) is 12.3. The van der Waals surface area contributed by atoms with Gasteiger partial charge in [-0.15, -0.1) is 0 Å². The van der Waals surface area contributed by atoms with Crippen LogP contribution >= 0.6 is 0 Å². The summed E-state index contributed by atoms with van der Waals surface area (Å²) < 4.78 is 15.2. The Morgan fingerprint density at radius 3 is 2.05 bits per heavy atom. The number of cyclic esters (lactones) is 1. The summed E-state index contributed by atoms with van der Waals surface area (Å²) in [4.78, 5) is 23.2. The van der Waals surface area contributed by atoms with Crippen LogP contribution in [0, 0.1) is 0 Å². The van der Waals surface area contributed by atoms with E-state index in [4.69, 9.17) is 14.2 Å². The molecule has 0 amide bonds. The Bertz CT molecular complexity index is 384. The number of aliphatic carboxylic acids is 1. The number of hydrogen-bond acceptors (Lipinski definition) is 6. The van der Waals surface area contributed by atoms with Gasteiger partial charge < -0.3 is 14.9 Å². The second-order valence-electron chi connectivity index (χ2n) is 4.83. The molecule has 1 atom stereocenters. The van der Waals surface area contributed by atoms with Crippen molar-refractivity contribution in [3.05, 3.63) is 0 Å². The number of carboxylic acids is 1. The number of ether oxygens (including phenoxy) is 3. The third-order valence-corrected chi connectivity index (χ3v) is 3.92. The Morgan fingerprint density at radius 2 is 1.75 bits per heavy atom. The first-order valence-corrected chi connectivity index (χ1v) is 6.82. The Morgan fingerprint density at radius 1 is 1.25 bits per heavy atom. The lowest BCUT2D eigenvalue weighted by Gasteiger charge is -2.33. The minimum absolute atomic E-state index is 0.0906. The number of carboxylic acid groups (broad SMARTS) is 1. The van der Waals surface area contributed by atoms with E-state index in [1.807, 2.05) is 0 Å². The molecule has 116 valence electrons. The van der Waals surface area contributed by atoms with Crippen LogP contribution in [-0.2, 0) is 23.8 Å². The molecule has 0 saturated carbocycles. The first-order chi connectivity index (χ1) is 9.23. The molecule has 0 bridgehead atoms. The highest BCUT2D eigenvalue weighted by molar-refractivity contribution is 5.81. The fourth-order valence-corrected chi connectivity index (χ4v) is 2.23. The largest absolute Gasteiger partial charge is 0.479 e. The predicted molar refractivity (Wildman–Crippen MR) is 67.5 cm³/mol. The summed E-state index contributed by atoms with van der Waals surface area (Å²) in [6.07, 6.45) is -1.91. The van der Waals surface area contributed by atoms with Crippen molar-refractivity contribution in [3.63, 3.8) is 0 Å². The van der Waals surface area contributed by atoms with Crippen molar-refractivity contribution in [1.82, 2.24) is 0 Å². The summed E-state index contributed by atoms with van der Waals surface area (Å²) in [7, 11) is 0. The van der Waals surface area contributed by atoms with Gasteiger partial charge in [0, 0.05) is 0 Å². The predicted octanol–water partition coefficient (Wildman–Crippen LogP) is 1.38. The van der Waals surface area contributed by atoms with Crippen molar-refractivity contribution in [2.75, 3.05) is 0 Å². The minimum atomic E-state index is -2.66. The second kappa shape index (κ2) is 5.67. The van der Waals surface area contributed by atoms with Crippen molar-refractivity contribution in [1.29, 1.82) is 0 Å². The van der Waals surface area contributed by atoms with E-state index in [1.54, 1.807) is 27.7 Å². The monoisotopic (exact) mass is 290 g/mol. The van der Waals surface area contributed by atoms with Gasteiger partial charge in [-0.1, -0.05) is 27.7 Å². The number of rotatable bonds is 7. The van der Waals surface area contributed by atoms with Crippen LogP contribution in [0.2, 0.25) is 0 Å². The molecule has 0 aliphatic carbocycles. The quantitative estimate of drug-likeness (QED) is 0.539. The summed E-state index contributed by atoms with van der Waals surface area (Å²) in [5.74, 6) is -2.00. The van der Waals surface area contributed by atoms with Crippen LogP contribution in [0.5, 0.6) is 0 Å². The number of aliphatic hydroxyl groups is 1. The molecule has 0 aromatic heterocycles. The molecule has 1 saturated heterocycles. The SMILES string of the molecule is CCC(CC)(OC1(O)OC(=O)C(CC)(CC)O1)C(=O)O. The van der Waals surface area contributed by atoms with Crippen LogP contribution in [0.1, 0.15) is 53.4 Å². The molecule has 1 unspecified atom stereocenters. The van der Waals surface area contributed by atoms with Gasteiger partial charge >= 0.3 is 18.1 Å². The van der Waals surface area contributed by atoms with Gasteiger partial charge in [-0.25, -0.2) is 9.59 Å². The fourth-order valence-electron chi connectivity index (χ4n) is 2.23. The van der Waals surface area contributed by atoms with Crippen LogP contribution in [0.4, 0.5) is 0 Å². The van der Waals surface area contributed by atoms with E-state index < -0.39 is 29.3 Å². The molecule has 1 aliphatic heterocycles. The Hall–Kier alpha value is -1.18. The highest BCUT2D eigenvalue weighted by atomic mass is 17.0. The van der Waals surface area contributed by atoms with Crippen molar-refractivity contribution < 1.29 is 34.0 Å². The van der Waals surface area contributed by atoms with Gasteiger partial charge in [0.25, 0.3) is 0 Å². The fraction of sp³-hybridized carbons (Fsp3) is 0.846. The maximum absolute atomic E-state index is 11.9. The molecule has 7 heteroatoms. The molecule has 1 rings (SSSR count). The minimum Gasteiger partial charge on any atom is -0.479 e. The molecule has 2 N–H and O–H groups in total. The Labute approximate surface area is 117 Å². The third-order valence-electron chi connectivity index (χ3n) is 3.92. The highest BCUT2D eigenvalue weighted by Gasteiger charge is 2.60. The van der Waals surface area contributed by atoms with E-state index in [-0.39, 0.29) is 25.7 Å². The molecule has 7 nitrogen and oxygen atoms in total. The molecule has 1 aliphatic rings. The lowest BCUT2D eigenvalue weighted by atomic mass is 9.97. The molecule has 0 spiro atoms. The number of carbonyl (C=O) groups excluding carboxylic acids is 1. The van der Waals surface area contributed by atoms with Crippen LogP contribution in [0.25, 0.3) is 0 Å². The van der Waals surface area contributed by atoms with Crippen molar-refractivity contribution in [3.8, 4) is 0 Å². The van der Waals surface area contributed by atoms with Crippen LogP contribution < -0.4 is 0 Å². The number of carbonyl (C=O) groups is 2. The van der Waals surface area contributed by atoms with E-state index in [2.05, 4.69) is 0 Å². The number of hydrogen-bond donors (Lipinski definition) is 2. The smallest absolute Gasteiger partial charge is 0.462 e. The second-order valence-corrected chi connectivity index (χ2v) is 4.83. The number of esters is 1. The van der Waals surface area contributed by atoms with Crippen molar-refractivity contribution in [2.45, 2.75) is 70.7 Å². The lowest BCUT2D eigenvalue weighted by Crippen LogP contribution is -2.50. The van der Waals surface area contributed by atoms with Gasteiger partial charge in [-0.05, 0) is 25.7 Å². The molecule has 0 aromatic carbocycles. The molecule has 1 heterocycles. The summed E-state index contributed by atoms with van der Waals surface area (Å²) in [5.41, 5.74) is -2.98. The normalized spacial score (nSPS) is 25.6. The van der Waals surface area contributed by atoms with Gasteiger partial charge in [0.1, 0.15) is 0 Å². The van der Waals surface area contributed by atoms with E-state index in [0.29, 0.717) is 0 Å². The third kappa shape index (κ3) is 2.65.